The number of carbonyl (C=O) groups excluding carboxylic acids is 2. The van der Waals surface area contributed by atoms with Crippen molar-refractivity contribution in [3.8, 4) is 0 Å². The lowest BCUT2D eigenvalue weighted by molar-refractivity contribution is -0.155. The van der Waals surface area contributed by atoms with E-state index in [2.05, 4.69) is 16.1 Å². The number of hydrogen-bond donors (Lipinski definition) is 1. The Morgan fingerprint density at radius 1 is 1.00 bits per heavy atom. The van der Waals surface area contributed by atoms with E-state index in [1.807, 2.05) is 0 Å². The minimum atomic E-state index is -0.810. The highest BCUT2D eigenvalue weighted by atomic mass is 16.6. The van der Waals surface area contributed by atoms with Crippen molar-refractivity contribution < 1.29 is 29.0 Å². The quantitative estimate of drug-likeness (QED) is 0.364. The number of aliphatic carboxylic acids is 1. The van der Waals surface area contributed by atoms with Crippen LogP contribution in [0.5, 0.6) is 0 Å². The first-order chi connectivity index (χ1) is 8.56. The van der Waals surface area contributed by atoms with Crippen molar-refractivity contribution in [3.05, 3.63) is 12.8 Å². The summed E-state index contributed by atoms with van der Waals surface area (Å²) in [5.74, 6) is -1.94. The highest BCUT2D eigenvalue weighted by Crippen LogP contribution is 2.06. The van der Waals surface area contributed by atoms with Gasteiger partial charge in [-0.1, -0.05) is 19.4 Å². The second-order valence-electron chi connectivity index (χ2n) is 3.63. The highest BCUT2D eigenvalue weighted by molar-refractivity contribution is 5.76. The van der Waals surface area contributed by atoms with Crippen LogP contribution in [-0.4, -0.2) is 29.6 Å². The first-order valence-electron chi connectivity index (χ1n) is 5.74. The molecule has 6 nitrogen and oxygen atoms in total. The van der Waals surface area contributed by atoms with Crippen LogP contribution in [0.1, 0.15) is 38.5 Å². The third-order valence-corrected chi connectivity index (χ3v) is 2.09. The molecule has 0 aromatic rings. The molecular formula is C12H18O6. The summed E-state index contributed by atoms with van der Waals surface area (Å²) in [6.07, 6.45) is 4.09. The fourth-order valence-electron chi connectivity index (χ4n) is 1.24. The molecular weight excluding hydrogens is 240 g/mol. The maximum atomic E-state index is 11.1. The molecule has 0 radical (unpaired) electrons. The Bertz CT molecular complexity index is 297. The molecule has 18 heavy (non-hydrogen) atoms. The fraction of sp³-hybridized carbons (Fsp3) is 0.583. The minimum Gasteiger partial charge on any atom is -0.481 e. The van der Waals surface area contributed by atoms with Crippen molar-refractivity contribution in [3.63, 3.8) is 0 Å². The second kappa shape index (κ2) is 10.3. The number of carboxylic acid groups (broad SMARTS) is 1. The zero-order chi connectivity index (χ0) is 13.8. The van der Waals surface area contributed by atoms with Crippen LogP contribution in [0.15, 0.2) is 12.8 Å². The molecule has 0 unspecified atom stereocenters. The van der Waals surface area contributed by atoms with Crippen LogP contribution in [0.25, 0.3) is 0 Å². The number of carboxylic acids is 1. The summed E-state index contributed by atoms with van der Waals surface area (Å²) >= 11 is 0. The molecule has 0 saturated carbocycles. The van der Waals surface area contributed by atoms with Crippen molar-refractivity contribution >= 4 is 17.9 Å². The molecule has 0 rings (SSSR count). The van der Waals surface area contributed by atoms with Crippen LogP contribution < -0.4 is 0 Å². The topological polar surface area (TPSA) is 89.9 Å². The van der Waals surface area contributed by atoms with Crippen LogP contribution in [0.4, 0.5) is 0 Å². The normalized spacial score (nSPS) is 9.56. The largest absolute Gasteiger partial charge is 0.481 e. The van der Waals surface area contributed by atoms with Gasteiger partial charge in [0.1, 0.15) is 0 Å². The molecule has 0 amide bonds. The first-order valence-corrected chi connectivity index (χ1v) is 5.74. The van der Waals surface area contributed by atoms with E-state index in [4.69, 9.17) is 5.11 Å². The molecule has 0 bridgehead atoms. The van der Waals surface area contributed by atoms with Crippen molar-refractivity contribution in [1.82, 2.24) is 0 Å². The van der Waals surface area contributed by atoms with Crippen LogP contribution >= 0.6 is 0 Å². The Kier molecular flexibility index (Phi) is 9.25. The van der Waals surface area contributed by atoms with Gasteiger partial charge < -0.3 is 14.6 Å². The van der Waals surface area contributed by atoms with Gasteiger partial charge in [-0.2, -0.15) is 0 Å². The van der Waals surface area contributed by atoms with E-state index in [1.165, 1.54) is 0 Å². The maximum absolute atomic E-state index is 11.1. The Hall–Kier alpha value is -1.85. The van der Waals surface area contributed by atoms with Crippen molar-refractivity contribution in [2.45, 2.75) is 38.5 Å². The SMILES string of the molecule is C=COC(=O)COC(=O)CCCCCCC(=O)O. The van der Waals surface area contributed by atoms with Gasteiger partial charge in [-0.15, -0.1) is 0 Å². The van der Waals surface area contributed by atoms with Gasteiger partial charge in [0.15, 0.2) is 6.61 Å². The molecule has 0 aliphatic carbocycles. The molecule has 102 valence electrons. The Morgan fingerprint density at radius 3 is 2.17 bits per heavy atom. The molecule has 0 aliphatic heterocycles. The Labute approximate surface area is 106 Å². The molecule has 0 aromatic heterocycles. The van der Waals surface area contributed by atoms with E-state index in [1.54, 1.807) is 0 Å². The lowest BCUT2D eigenvalue weighted by Crippen LogP contribution is -2.14. The molecule has 1 N–H and O–H groups in total. The lowest BCUT2D eigenvalue weighted by atomic mass is 10.1. The number of ether oxygens (including phenoxy) is 2. The summed E-state index contributed by atoms with van der Waals surface area (Å²) in [7, 11) is 0. The highest BCUT2D eigenvalue weighted by Gasteiger charge is 2.07. The minimum absolute atomic E-state index is 0.151. The zero-order valence-corrected chi connectivity index (χ0v) is 10.2. The van der Waals surface area contributed by atoms with Gasteiger partial charge in [0.25, 0.3) is 0 Å². The average molecular weight is 258 g/mol. The fourth-order valence-corrected chi connectivity index (χ4v) is 1.24. The third kappa shape index (κ3) is 10.7. The summed E-state index contributed by atoms with van der Waals surface area (Å²) in [6, 6.07) is 0. The molecule has 0 heterocycles. The molecule has 0 aliphatic rings. The monoisotopic (exact) mass is 258 g/mol. The third-order valence-electron chi connectivity index (χ3n) is 2.09. The number of esters is 2. The molecule has 0 aromatic carbocycles. The molecule has 6 heteroatoms. The lowest BCUT2D eigenvalue weighted by Gasteiger charge is -2.03. The average Bonchev–Trinajstić information content (AvgIpc) is 2.31. The van der Waals surface area contributed by atoms with E-state index >= 15 is 0 Å². The van der Waals surface area contributed by atoms with E-state index < -0.39 is 24.5 Å². The summed E-state index contributed by atoms with van der Waals surface area (Å²) < 4.78 is 9.01. The summed E-state index contributed by atoms with van der Waals surface area (Å²) in [4.78, 5) is 32.2. The van der Waals surface area contributed by atoms with Gasteiger partial charge in [-0.05, 0) is 12.8 Å². The van der Waals surface area contributed by atoms with Crippen LogP contribution in [0.3, 0.4) is 0 Å². The van der Waals surface area contributed by atoms with Crippen molar-refractivity contribution in [2.75, 3.05) is 6.61 Å². The van der Waals surface area contributed by atoms with E-state index in [0.29, 0.717) is 12.8 Å². The summed E-state index contributed by atoms with van der Waals surface area (Å²) in [5.41, 5.74) is 0. The molecule has 0 atom stereocenters. The van der Waals surface area contributed by atoms with Crippen LogP contribution in [0.2, 0.25) is 0 Å². The van der Waals surface area contributed by atoms with E-state index in [0.717, 1.165) is 19.1 Å². The molecule has 0 saturated heterocycles. The summed E-state index contributed by atoms with van der Waals surface area (Å²) in [6.45, 7) is 2.78. The number of unbranched alkanes of at least 4 members (excludes halogenated alkanes) is 3. The van der Waals surface area contributed by atoms with Gasteiger partial charge >= 0.3 is 17.9 Å². The van der Waals surface area contributed by atoms with Gasteiger partial charge in [0, 0.05) is 12.8 Å². The predicted molar refractivity (Wildman–Crippen MR) is 62.6 cm³/mol. The van der Waals surface area contributed by atoms with Crippen molar-refractivity contribution in [2.24, 2.45) is 0 Å². The number of rotatable bonds is 10. The number of hydrogen-bond acceptors (Lipinski definition) is 5. The van der Waals surface area contributed by atoms with Gasteiger partial charge in [-0.25, -0.2) is 4.79 Å². The van der Waals surface area contributed by atoms with E-state index in [9.17, 15) is 14.4 Å². The van der Waals surface area contributed by atoms with Gasteiger partial charge in [0.2, 0.25) is 0 Å². The smallest absolute Gasteiger partial charge is 0.349 e. The van der Waals surface area contributed by atoms with E-state index in [-0.39, 0.29) is 12.8 Å². The van der Waals surface area contributed by atoms with Crippen LogP contribution in [-0.2, 0) is 23.9 Å². The first kappa shape index (κ1) is 16.1. The Morgan fingerprint density at radius 2 is 1.61 bits per heavy atom. The zero-order valence-electron chi connectivity index (χ0n) is 10.2. The van der Waals surface area contributed by atoms with Crippen LogP contribution in [0, 0.1) is 0 Å². The summed E-state index contributed by atoms with van der Waals surface area (Å²) in [5, 5.41) is 8.40. The van der Waals surface area contributed by atoms with Crippen molar-refractivity contribution in [1.29, 1.82) is 0 Å². The predicted octanol–water partition coefficient (Wildman–Crippen LogP) is 1.64. The molecule has 0 spiro atoms. The van der Waals surface area contributed by atoms with Gasteiger partial charge in [0.05, 0.1) is 6.26 Å². The molecule has 0 fully saturated rings. The van der Waals surface area contributed by atoms with Gasteiger partial charge in [-0.3, -0.25) is 9.59 Å². The standard InChI is InChI=1S/C12H18O6/c1-2-17-12(16)9-18-11(15)8-6-4-3-5-7-10(13)14/h2H,1,3-9H2,(H,13,14). The number of carbonyl (C=O) groups is 3. The maximum Gasteiger partial charge on any atom is 0.349 e. The second-order valence-corrected chi connectivity index (χ2v) is 3.63. The Balaban J connectivity index is 3.39.